The molecule has 2 heteroatoms. The van der Waals surface area contributed by atoms with Crippen LogP contribution in [0.15, 0.2) is 24.3 Å². The van der Waals surface area contributed by atoms with Crippen molar-refractivity contribution in [3.8, 4) is 0 Å². The fourth-order valence-electron chi connectivity index (χ4n) is 3.59. The van der Waals surface area contributed by atoms with Gasteiger partial charge >= 0.3 is 0 Å². The lowest BCUT2D eigenvalue weighted by atomic mass is 9.74. The van der Waals surface area contributed by atoms with Crippen LogP contribution in [0.3, 0.4) is 0 Å². The number of nitrogens with zero attached hydrogens (tertiary/aromatic N) is 1. The van der Waals surface area contributed by atoms with E-state index in [0.717, 1.165) is 18.4 Å². The fraction of sp³-hybridized carbons (Fsp3) is 0.684. The summed E-state index contributed by atoms with van der Waals surface area (Å²) in [6.07, 6.45) is 3.86. The summed E-state index contributed by atoms with van der Waals surface area (Å²) in [5, 5.41) is 3.89. The monoisotopic (exact) mass is 288 g/mol. The average Bonchev–Trinajstić information content (AvgIpc) is 2.33. The predicted octanol–water partition coefficient (Wildman–Crippen LogP) is 3.81. The van der Waals surface area contributed by atoms with Gasteiger partial charge in [0.05, 0.1) is 0 Å². The van der Waals surface area contributed by atoms with Crippen molar-refractivity contribution in [3.05, 3.63) is 35.4 Å². The predicted molar refractivity (Wildman–Crippen MR) is 91.9 cm³/mol. The molecule has 1 atom stereocenters. The second-order valence-corrected chi connectivity index (χ2v) is 7.48. The molecule has 118 valence electrons. The zero-order valence-electron chi connectivity index (χ0n) is 14.4. The third kappa shape index (κ3) is 4.82. The number of nitrogens with one attached hydrogen (secondary N) is 1. The van der Waals surface area contributed by atoms with E-state index in [2.05, 4.69) is 69.3 Å². The Morgan fingerprint density at radius 1 is 1.19 bits per heavy atom. The van der Waals surface area contributed by atoms with Gasteiger partial charge in [0.1, 0.15) is 0 Å². The second-order valence-electron chi connectivity index (χ2n) is 7.48. The highest BCUT2D eigenvalue weighted by molar-refractivity contribution is 5.31. The number of benzene rings is 1. The van der Waals surface area contributed by atoms with Crippen LogP contribution in [-0.4, -0.2) is 37.6 Å². The van der Waals surface area contributed by atoms with Crippen LogP contribution in [0.2, 0.25) is 0 Å². The van der Waals surface area contributed by atoms with Gasteiger partial charge < -0.3 is 10.2 Å². The van der Waals surface area contributed by atoms with E-state index in [4.69, 9.17) is 0 Å². The van der Waals surface area contributed by atoms with Crippen LogP contribution >= 0.6 is 0 Å². The van der Waals surface area contributed by atoms with E-state index in [1.807, 2.05) is 0 Å². The molecule has 0 heterocycles. The maximum absolute atomic E-state index is 3.89. The zero-order chi connectivity index (χ0) is 15.4. The van der Waals surface area contributed by atoms with Crippen molar-refractivity contribution >= 4 is 0 Å². The smallest absolute Gasteiger partial charge is 0.0199 e. The minimum atomic E-state index is 0.628. The number of likely N-dealkylation sites (N-methyl/N-ethyl adjacent to an activating group) is 1. The maximum atomic E-state index is 3.89. The molecule has 0 bridgehead atoms. The molecule has 1 fully saturated rings. The number of rotatable bonds is 7. The van der Waals surface area contributed by atoms with Gasteiger partial charge in [-0.1, -0.05) is 38.1 Å². The number of hydrogen-bond donors (Lipinski definition) is 1. The lowest BCUT2D eigenvalue weighted by Crippen LogP contribution is -2.49. The molecular weight excluding hydrogens is 256 g/mol. The topological polar surface area (TPSA) is 15.3 Å². The zero-order valence-corrected chi connectivity index (χ0v) is 14.4. The minimum Gasteiger partial charge on any atom is -0.310 e. The van der Waals surface area contributed by atoms with Gasteiger partial charge in [-0.15, -0.1) is 0 Å². The third-order valence-electron chi connectivity index (χ3n) is 4.58. The lowest BCUT2D eigenvalue weighted by molar-refractivity contribution is 0.222. The summed E-state index contributed by atoms with van der Waals surface area (Å²) in [6.45, 7) is 8.02. The quantitative estimate of drug-likeness (QED) is 0.821. The molecule has 2 nitrogen and oxygen atoms in total. The molecule has 0 spiro atoms. The molecule has 1 N–H and O–H groups in total. The van der Waals surface area contributed by atoms with Crippen LogP contribution in [0.5, 0.6) is 0 Å². The van der Waals surface area contributed by atoms with E-state index in [0.29, 0.717) is 12.1 Å². The van der Waals surface area contributed by atoms with Crippen LogP contribution < -0.4 is 5.32 Å². The molecule has 1 aliphatic rings. The molecule has 0 aromatic heterocycles. The largest absolute Gasteiger partial charge is 0.310 e. The van der Waals surface area contributed by atoms with Gasteiger partial charge in [-0.2, -0.15) is 0 Å². The van der Waals surface area contributed by atoms with Crippen molar-refractivity contribution in [2.75, 3.05) is 20.6 Å². The molecule has 21 heavy (non-hydrogen) atoms. The van der Waals surface area contributed by atoms with E-state index in [-0.39, 0.29) is 0 Å². The van der Waals surface area contributed by atoms with Gasteiger partial charge in [-0.25, -0.2) is 0 Å². The SMILES string of the molecule is Cc1ccccc1C1CC(NC(CC(C)C)CN(C)C)C1. The van der Waals surface area contributed by atoms with Crippen LogP contribution in [0.4, 0.5) is 0 Å². The van der Waals surface area contributed by atoms with E-state index < -0.39 is 0 Å². The number of hydrogen-bond acceptors (Lipinski definition) is 2. The molecule has 0 radical (unpaired) electrons. The summed E-state index contributed by atoms with van der Waals surface area (Å²) in [5.74, 6) is 1.53. The van der Waals surface area contributed by atoms with E-state index in [1.165, 1.54) is 24.8 Å². The maximum Gasteiger partial charge on any atom is 0.0199 e. The first-order valence-corrected chi connectivity index (χ1v) is 8.42. The molecule has 1 aromatic carbocycles. The summed E-state index contributed by atoms with van der Waals surface area (Å²) in [5.41, 5.74) is 3.01. The van der Waals surface area contributed by atoms with Gasteiger partial charge in [-0.3, -0.25) is 0 Å². The van der Waals surface area contributed by atoms with Gasteiger partial charge in [0.25, 0.3) is 0 Å². The van der Waals surface area contributed by atoms with Crippen molar-refractivity contribution in [1.29, 1.82) is 0 Å². The first-order valence-electron chi connectivity index (χ1n) is 8.42. The molecular formula is C19H32N2. The highest BCUT2D eigenvalue weighted by atomic mass is 15.1. The van der Waals surface area contributed by atoms with Crippen LogP contribution in [0, 0.1) is 12.8 Å². The Labute approximate surface area is 130 Å². The van der Waals surface area contributed by atoms with E-state index in [1.54, 1.807) is 5.56 Å². The molecule has 0 amide bonds. The molecule has 1 aromatic rings. The molecule has 2 rings (SSSR count). The van der Waals surface area contributed by atoms with Crippen molar-refractivity contribution in [1.82, 2.24) is 10.2 Å². The van der Waals surface area contributed by atoms with Gasteiger partial charge in [-0.05, 0) is 63.2 Å². The van der Waals surface area contributed by atoms with Gasteiger partial charge in [0, 0.05) is 18.6 Å². The normalized spacial score (nSPS) is 23.4. The van der Waals surface area contributed by atoms with E-state index in [9.17, 15) is 0 Å². The average molecular weight is 288 g/mol. The Kier molecular flexibility index (Phi) is 5.83. The van der Waals surface area contributed by atoms with Gasteiger partial charge in [0.2, 0.25) is 0 Å². The Morgan fingerprint density at radius 2 is 1.86 bits per heavy atom. The van der Waals surface area contributed by atoms with Crippen molar-refractivity contribution in [2.45, 2.75) is 58.0 Å². The highest BCUT2D eigenvalue weighted by Crippen LogP contribution is 2.38. The first kappa shape index (κ1) is 16.5. The van der Waals surface area contributed by atoms with Crippen molar-refractivity contribution < 1.29 is 0 Å². The fourth-order valence-corrected chi connectivity index (χ4v) is 3.59. The van der Waals surface area contributed by atoms with Crippen LogP contribution in [0.25, 0.3) is 0 Å². The van der Waals surface area contributed by atoms with Crippen molar-refractivity contribution in [2.24, 2.45) is 5.92 Å². The summed E-state index contributed by atoms with van der Waals surface area (Å²) in [7, 11) is 4.35. The third-order valence-corrected chi connectivity index (χ3v) is 4.58. The highest BCUT2D eigenvalue weighted by Gasteiger charge is 2.32. The minimum absolute atomic E-state index is 0.628. The van der Waals surface area contributed by atoms with Crippen molar-refractivity contribution in [3.63, 3.8) is 0 Å². The first-order chi connectivity index (χ1) is 9.95. The standard InChI is InChI=1S/C19H32N2/c1-14(2)10-18(13-21(4)5)20-17-11-16(12-17)19-9-7-6-8-15(19)3/h6-9,14,16-18,20H,10-13H2,1-5H3. The van der Waals surface area contributed by atoms with E-state index >= 15 is 0 Å². The van der Waals surface area contributed by atoms with Gasteiger partial charge in [0.15, 0.2) is 0 Å². The molecule has 0 aliphatic heterocycles. The molecule has 1 unspecified atom stereocenters. The van der Waals surface area contributed by atoms with Crippen LogP contribution in [0.1, 0.15) is 50.2 Å². The number of aryl methyl sites for hydroxylation is 1. The molecule has 0 saturated heterocycles. The van der Waals surface area contributed by atoms with Crippen LogP contribution in [-0.2, 0) is 0 Å². The Bertz CT molecular complexity index is 423. The Balaban J connectivity index is 1.84. The molecule has 1 aliphatic carbocycles. The Morgan fingerprint density at radius 3 is 2.43 bits per heavy atom. The summed E-state index contributed by atoms with van der Waals surface area (Å²) < 4.78 is 0. The second kappa shape index (κ2) is 7.42. The Hall–Kier alpha value is -0.860. The molecule has 1 saturated carbocycles. The lowest BCUT2D eigenvalue weighted by Gasteiger charge is -2.40. The summed E-state index contributed by atoms with van der Waals surface area (Å²) in [4.78, 5) is 2.30. The summed E-state index contributed by atoms with van der Waals surface area (Å²) >= 11 is 0. The summed E-state index contributed by atoms with van der Waals surface area (Å²) in [6, 6.07) is 10.2.